The van der Waals surface area contributed by atoms with Crippen LogP contribution in [0.1, 0.15) is 6.92 Å². The van der Waals surface area contributed by atoms with Gasteiger partial charge in [-0.2, -0.15) is 0 Å². The van der Waals surface area contributed by atoms with E-state index in [1.807, 2.05) is 61.5 Å². The zero-order valence-electron chi connectivity index (χ0n) is 13.6. The molecule has 0 saturated carbocycles. The fourth-order valence-electron chi connectivity index (χ4n) is 3.03. The van der Waals surface area contributed by atoms with Crippen molar-refractivity contribution in [2.24, 2.45) is 0 Å². The second-order valence-corrected chi connectivity index (χ2v) is 9.07. The highest BCUT2D eigenvalue weighted by molar-refractivity contribution is 7.07. The first-order valence-corrected chi connectivity index (χ1v) is 9.98. The molecule has 0 heterocycles. The Bertz CT molecular complexity index is 676. The second kappa shape index (κ2) is 7.38. The second-order valence-electron chi connectivity index (χ2n) is 5.74. The van der Waals surface area contributed by atoms with Crippen LogP contribution in [0.15, 0.2) is 91.0 Å². The molecule has 3 aromatic rings. The molecule has 3 heteroatoms. The lowest BCUT2D eigenvalue weighted by Crippen LogP contribution is -2.70. The van der Waals surface area contributed by atoms with E-state index in [1.165, 1.54) is 0 Å². The minimum Gasteiger partial charge on any atom is -0.395 e. The fourth-order valence-corrected chi connectivity index (χ4v) is 7.04. The van der Waals surface area contributed by atoms with E-state index in [2.05, 4.69) is 36.4 Å². The third-order valence-electron chi connectivity index (χ3n) is 4.10. The third kappa shape index (κ3) is 3.09. The molecule has 3 rings (SSSR count). The Kier molecular flexibility index (Phi) is 5.04. The van der Waals surface area contributed by atoms with E-state index in [4.69, 9.17) is 4.43 Å². The Balaban J connectivity index is 2.30. The molecule has 120 valence electrons. The Labute approximate surface area is 143 Å². The van der Waals surface area contributed by atoms with Crippen molar-refractivity contribution in [2.45, 2.75) is 13.0 Å². The Morgan fingerprint density at radius 3 is 1.33 bits per heavy atom. The third-order valence-corrected chi connectivity index (χ3v) is 8.26. The van der Waals surface area contributed by atoms with Crippen LogP contribution in [-0.2, 0) is 9.22 Å². The van der Waals surface area contributed by atoms with Gasteiger partial charge in [-0.1, -0.05) is 91.0 Å². The predicted molar refractivity (Wildman–Crippen MR) is 101 cm³/mol. The number of aldehydes is 1. The fraction of sp³-hybridized carbons (Fsp3) is 0.0952. The molecular weight excluding hydrogens is 312 g/mol. The van der Waals surface area contributed by atoms with Crippen LogP contribution < -0.4 is 15.6 Å². The molecule has 0 bridgehead atoms. The Morgan fingerprint density at radius 1 is 0.708 bits per heavy atom. The van der Waals surface area contributed by atoms with Crippen LogP contribution in [0.3, 0.4) is 0 Å². The van der Waals surface area contributed by atoms with Gasteiger partial charge in [-0.15, -0.1) is 0 Å². The van der Waals surface area contributed by atoms with Crippen LogP contribution in [-0.4, -0.2) is 20.7 Å². The number of rotatable bonds is 6. The molecule has 3 aromatic carbocycles. The van der Waals surface area contributed by atoms with E-state index in [0.29, 0.717) is 0 Å². The van der Waals surface area contributed by atoms with Crippen LogP contribution >= 0.6 is 0 Å². The Morgan fingerprint density at radius 2 is 1.04 bits per heavy atom. The average Bonchev–Trinajstić information content (AvgIpc) is 2.68. The van der Waals surface area contributed by atoms with Crippen molar-refractivity contribution in [2.75, 3.05) is 0 Å². The first-order chi connectivity index (χ1) is 11.8. The SMILES string of the molecule is C[C@H](C=O)O[Si](c1ccccc1)(c1ccccc1)c1ccccc1. The molecule has 0 amide bonds. The van der Waals surface area contributed by atoms with Gasteiger partial charge in [0.1, 0.15) is 6.29 Å². The summed E-state index contributed by atoms with van der Waals surface area (Å²) >= 11 is 0. The normalized spacial score (nSPS) is 12.5. The lowest BCUT2D eigenvalue weighted by molar-refractivity contribution is -0.113. The van der Waals surface area contributed by atoms with Crippen molar-refractivity contribution in [3.63, 3.8) is 0 Å². The monoisotopic (exact) mass is 332 g/mol. The van der Waals surface area contributed by atoms with Crippen molar-refractivity contribution >= 4 is 30.2 Å². The quantitative estimate of drug-likeness (QED) is 0.393. The van der Waals surface area contributed by atoms with Gasteiger partial charge in [0.25, 0.3) is 8.32 Å². The van der Waals surface area contributed by atoms with Crippen molar-refractivity contribution in [1.82, 2.24) is 0 Å². The summed E-state index contributed by atoms with van der Waals surface area (Å²) in [6.45, 7) is 1.81. The van der Waals surface area contributed by atoms with E-state index < -0.39 is 14.4 Å². The standard InChI is InChI=1S/C21H20O2Si/c1-18(17-22)23-24(19-11-5-2-6-12-19,20-13-7-3-8-14-20)21-15-9-4-10-16-21/h2-18H,1H3/t18-/m1/s1. The highest BCUT2D eigenvalue weighted by atomic mass is 28.4. The van der Waals surface area contributed by atoms with Crippen LogP contribution in [0.25, 0.3) is 0 Å². The van der Waals surface area contributed by atoms with Crippen molar-refractivity contribution in [3.05, 3.63) is 91.0 Å². The van der Waals surface area contributed by atoms with Gasteiger partial charge in [0.2, 0.25) is 0 Å². The highest BCUT2D eigenvalue weighted by Crippen LogP contribution is 2.11. The van der Waals surface area contributed by atoms with Crippen molar-refractivity contribution < 1.29 is 9.22 Å². The summed E-state index contributed by atoms with van der Waals surface area (Å²) in [4.78, 5) is 11.4. The van der Waals surface area contributed by atoms with Gasteiger partial charge in [-0.05, 0) is 22.5 Å². The molecule has 2 nitrogen and oxygen atoms in total. The minimum absolute atomic E-state index is 0.475. The van der Waals surface area contributed by atoms with Gasteiger partial charge in [0.15, 0.2) is 0 Å². The maximum absolute atomic E-state index is 11.4. The summed E-state index contributed by atoms with van der Waals surface area (Å²) in [6.07, 6.45) is 0.397. The molecular formula is C21H20O2Si. The minimum atomic E-state index is -2.74. The summed E-state index contributed by atoms with van der Waals surface area (Å²) < 4.78 is 6.52. The first-order valence-electron chi connectivity index (χ1n) is 8.07. The molecule has 0 radical (unpaired) electrons. The van der Waals surface area contributed by atoms with Crippen LogP contribution in [0.4, 0.5) is 0 Å². The number of hydrogen-bond acceptors (Lipinski definition) is 2. The molecule has 0 fully saturated rings. The summed E-state index contributed by atoms with van der Waals surface area (Å²) in [5.74, 6) is 0. The topological polar surface area (TPSA) is 26.3 Å². The number of carbonyl (C=O) groups is 1. The van der Waals surface area contributed by atoms with Gasteiger partial charge in [-0.25, -0.2) is 0 Å². The smallest absolute Gasteiger partial charge is 0.288 e. The summed E-state index contributed by atoms with van der Waals surface area (Å²) in [7, 11) is -2.74. The lowest BCUT2D eigenvalue weighted by atomic mass is 10.3. The largest absolute Gasteiger partial charge is 0.395 e. The van der Waals surface area contributed by atoms with Gasteiger partial charge >= 0.3 is 0 Å². The molecule has 0 aliphatic heterocycles. The van der Waals surface area contributed by atoms with Crippen LogP contribution in [0.5, 0.6) is 0 Å². The summed E-state index contributed by atoms with van der Waals surface area (Å²) in [6, 6.07) is 30.8. The number of carbonyl (C=O) groups excluding carboxylic acids is 1. The lowest BCUT2D eigenvalue weighted by Gasteiger charge is -2.34. The van der Waals surface area contributed by atoms with Crippen LogP contribution in [0, 0.1) is 0 Å². The predicted octanol–water partition coefficient (Wildman–Crippen LogP) is 2.26. The molecule has 0 aliphatic carbocycles. The molecule has 1 atom stereocenters. The van der Waals surface area contributed by atoms with Crippen molar-refractivity contribution in [3.8, 4) is 0 Å². The van der Waals surface area contributed by atoms with Crippen LogP contribution in [0.2, 0.25) is 0 Å². The van der Waals surface area contributed by atoms with E-state index in [0.717, 1.165) is 21.8 Å². The van der Waals surface area contributed by atoms with E-state index in [9.17, 15) is 4.79 Å². The van der Waals surface area contributed by atoms with Gasteiger partial charge in [-0.3, -0.25) is 0 Å². The van der Waals surface area contributed by atoms with Gasteiger partial charge in [0.05, 0.1) is 6.10 Å². The molecule has 0 spiro atoms. The van der Waals surface area contributed by atoms with E-state index >= 15 is 0 Å². The molecule has 24 heavy (non-hydrogen) atoms. The van der Waals surface area contributed by atoms with Gasteiger partial charge < -0.3 is 9.22 Å². The number of benzene rings is 3. The van der Waals surface area contributed by atoms with Gasteiger partial charge in [0, 0.05) is 0 Å². The van der Waals surface area contributed by atoms with E-state index in [1.54, 1.807) is 0 Å². The number of hydrogen-bond donors (Lipinski definition) is 0. The molecule has 0 saturated heterocycles. The molecule has 0 aliphatic rings. The zero-order chi connectivity index (χ0) is 16.8. The van der Waals surface area contributed by atoms with Crippen molar-refractivity contribution in [1.29, 1.82) is 0 Å². The Hall–Kier alpha value is -2.49. The molecule has 0 unspecified atom stereocenters. The maximum Gasteiger partial charge on any atom is 0.288 e. The zero-order valence-corrected chi connectivity index (χ0v) is 14.6. The molecule has 0 N–H and O–H groups in total. The van der Waals surface area contributed by atoms with E-state index in [-0.39, 0.29) is 0 Å². The average molecular weight is 332 g/mol. The highest BCUT2D eigenvalue weighted by Gasteiger charge is 2.43. The maximum atomic E-state index is 11.4. The molecule has 0 aromatic heterocycles. The summed E-state index contributed by atoms with van der Waals surface area (Å²) in [5, 5.41) is 3.41. The first kappa shape index (κ1) is 16.4. The summed E-state index contributed by atoms with van der Waals surface area (Å²) in [5.41, 5.74) is 0.